The summed E-state index contributed by atoms with van der Waals surface area (Å²) in [5.74, 6) is -5.20. The molecule has 0 aromatic rings. The van der Waals surface area contributed by atoms with Gasteiger partial charge in [-0.2, -0.15) is 0 Å². The van der Waals surface area contributed by atoms with Gasteiger partial charge in [0.05, 0.1) is 6.04 Å². The normalized spacial score (nSPS) is 26.5. The first-order valence-electron chi connectivity index (χ1n) is 13.0. The van der Waals surface area contributed by atoms with E-state index < -0.39 is 58.7 Å². The number of fused-ring (bicyclic) bond motifs is 1. The van der Waals surface area contributed by atoms with Crippen LogP contribution in [0.5, 0.6) is 0 Å². The van der Waals surface area contributed by atoms with Crippen molar-refractivity contribution < 1.29 is 34.1 Å². The first-order valence-corrected chi connectivity index (χ1v) is 13.0. The van der Waals surface area contributed by atoms with Crippen molar-refractivity contribution in [3.63, 3.8) is 0 Å². The summed E-state index contributed by atoms with van der Waals surface area (Å²) in [4.78, 5) is 53.3. The standard InChI is InChI=1S/C26H44N4O7/c1-23(2,3)18(29-22(34)37-24(4,5)6)20(32)30-12-14-16(25(14,7)8)17(30)19(31)28-15(11-13-9-10-13)26(35,36)21(27)33/h13-18,35-36H,9-12H2,1-8H3,(H2,27,33)(H,28,31)(H,29,34)/t14-,15-,16-,17-,18+/m0/s1. The Morgan fingerprint density at radius 1 is 1.05 bits per heavy atom. The predicted molar refractivity (Wildman–Crippen MR) is 135 cm³/mol. The molecule has 0 bridgehead atoms. The van der Waals surface area contributed by atoms with Crippen molar-refractivity contribution in [2.75, 3.05) is 6.54 Å². The molecule has 3 aliphatic rings. The summed E-state index contributed by atoms with van der Waals surface area (Å²) in [5, 5.41) is 26.1. The first-order chi connectivity index (χ1) is 16.7. The Morgan fingerprint density at radius 2 is 1.62 bits per heavy atom. The van der Waals surface area contributed by atoms with Gasteiger partial charge in [0, 0.05) is 6.54 Å². The highest BCUT2D eigenvalue weighted by molar-refractivity contribution is 5.94. The molecule has 3 rings (SSSR count). The lowest BCUT2D eigenvalue weighted by atomic mass is 9.85. The Labute approximate surface area is 218 Å². The Balaban J connectivity index is 1.85. The number of alkyl carbamates (subject to hydrolysis) is 1. The van der Waals surface area contributed by atoms with E-state index in [9.17, 15) is 29.4 Å². The molecule has 4 amide bonds. The highest BCUT2D eigenvalue weighted by Crippen LogP contribution is 2.65. The average Bonchev–Trinajstić information content (AvgIpc) is 3.56. The number of likely N-dealkylation sites (tertiary alicyclic amines) is 1. The number of rotatable bonds is 8. The van der Waals surface area contributed by atoms with E-state index in [4.69, 9.17) is 10.5 Å². The number of nitrogens with zero attached hydrogens (tertiary/aromatic N) is 1. The lowest BCUT2D eigenvalue weighted by Gasteiger charge is -2.38. The first kappa shape index (κ1) is 29.2. The van der Waals surface area contributed by atoms with Gasteiger partial charge in [0.1, 0.15) is 17.7 Å². The van der Waals surface area contributed by atoms with E-state index in [0.717, 1.165) is 12.8 Å². The Hall–Kier alpha value is -2.40. The minimum atomic E-state index is -2.92. The van der Waals surface area contributed by atoms with Gasteiger partial charge in [-0.15, -0.1) is 0 Å². The van der Waals surface area contributed by atoms with Gasteiger partial charge in [-0.1, -0.05) is 47.5 Å². The fraction of sp³-hybridized carbons (Fsp3) is 0.846. The maximum absolute atomic E-state index is 13.9. The van der Waals surface area contributed by atoms with E-state index in [-0.39, 0.29) is 29.6 Å². The van der Waals surface area contributed by atoms with Crippen LogP contribution in [-0.4, -0.2) is 75.0 Å². The zero-order valence-electron chi connectivity index (χ0n) is 23.3. The van der Waals surface area contributed by atoms with Crippen molar-refractivity contribution in [2.45, 2.75) is 104 Å². The minimum Gasteiger partial charge on any atom is -0.444 e. The summed E-state index contributed by atoms with van der Waals surface area (Å²) in [5.41, 5.74) is 3.58. The molecule has 0 spiro atoms. The van der Waals surface area contributed by atoms with Crippen molar-refractivity contribution in [1.82, 2.24) is 15.5 Å². The number of primary amides is 1. The molecule has 0 unspecified atom stereocenters. The quantitative estimate of drug-likeness (QED) is 0.293. The van der Waals surface area contributed by atoms with E-state index in [1.807, 2.05) is 34.6 Å². The van der Waals surface area contributed by atoms with Crippen LogP contribution in [-0.2, 0) is 19.1 Å². The lowest BCUT2D eigenvalue weighted by Crippen LogP contribution is -2.64. The van der Waals surface area contributed by atoms with Gasteiger partial charge in [0.15, 0.2) is 0 Å². The fourth-order valence-electron chi connectivity index (χ4n) is 5.49. The molecule has 3 fully saturated rings. The summed E-state index contributed by atoms with van der Waals surface area (Å²) in [6.45, 7) is 15.0. The Morgan fingerprint density at radius 3 is 2.08 bits per heavy atom. The highest BCUT2D eigenvalue weighted by Gasteiger charge is 2.70. The molecule has 2 saturated carbocycles. The summed E-state index contributed by atoms with van der Waals surface area (Å²) in [6, 6.07) is -3.18. The SMILES string of the molecule is CC(C)(C)OC(=O)N[C@H](C(=O)N1C[C@H]2[C@@H]([C@H]1C(=O)N[C@@H](CC1CC1)C(O)(O)C(N)=O)C2(C)C)C(C)(C)C. The third kappa shape index (κ3) is 6.19. The Kier molecular flexibility index (Phi) is 7.42. The van der Waals surface area contributed by atoms with Crippen molar-refractivity contribution in [1.29, 1.82) is 0 Å². The number of piperidine rings is 1. The van der Waals surface area contributed by atoms with Gasteiger partial charge in [-0.25, -0.2) is 4.79 Å². The van der Waals surface area contributed by atoms with Gasteiger partial charge < -0.3 is 36.2 Å². The molecular formula is C26H44N4O7. The van der Waals surface area contributed by atoms with Crippen LogP contribution in [0.2, 0.25) is 0 Å². The summed E-state index contributed by atoms with van der Waals surface area (Å²) in [7, 11) is 0. The number of ether oxygens (including phenoxy) is 1. The summed E-state index contributed by atoms with van der Waals surface area (Å²) >= 11 is 0. The molecule has 0 radical (unpaired) electrons. The van der Waals surface area contributed by atoms with Crippen molar-refractivity contribution in [2.24, 2.45) is 34.3 Å². The van der Waals surface area contributed by atoms with Gasteiger partial charge in [0.25, 0.3) is 11.7 Å². The van der Waals surface area contributed by atoms with Crippen LogP contribution in [0.4, 0.5) is 4.79 Å². The molecule has 1 aliphatic heterocycles. The number of hydrogen-bond donors (Lipinski definition) is 5. The van der Waals surface area contributed by atoms with Crippen LogP contribution in [0, 0.1) is 28.6 Å². The maximum atomic E-state index is 13.9. The fourth-order valence-corrected chi connectivity index (χ4v) is 5.49. The van der Waals surface area contributed by atoms with Crippen LogP contribution in [0.15, 0.2) is 0 Å². The van der Waals surface area contributed by atoms with E-state index >= 15 is 0 Å². The number of amides is 4. The molecular weight excluding hydrogens is 480 g/mol. The van der Waals surface area contributed by atoms with Crippen LogP contribution in [0.1, 0.15) is 74.7 Å². The molecule has 1 saturated heterocycles. The average molecular weight is 525 g/mol. The van der Waals surface area contributed by atoms with E-state index in [2.05, 4.69) is 10.6 Å². The maximum Gasteiger partial charge on any atom is 0.408 e. The third-order valence-corrected chi connectivity index (χ3v) is 7.97. The summed E-state index contributed by atoms with van der Waals surface area (Å²) < 4.78 is 5.37. The van der Waals surface area contributed by atoms with Crippen molar-refractivity contribution >= 4 is 23.8 Å². The van der Waals surface area contributed by atoms with Gasteiger partial charge >= 0.3 is 6.09 Å². The number of carbonyl (C=O) groups is 4. The molecule has 5 atom stereocenters. The molecule has 210 valence electrons. The zero-order chi connectivity index (χ0) is 28.3. The zero-order valence-corrected chi connectivity index (χ0v) is 23.3. The molecule has 0 aromatic carbocycles. The van der Waals surface area contributed by atoms with Gasteiger partial charge in [-0.3, -0.25) is 14.4 Å². The minimum absolute atomic E-state index is 0.0698. The number of hydrogen-bond acceptors (Lipinski definition) is 7. The van der Waals surface area contributed by atoms with Gasteiger partial charge in [-0.05, 0) is 55.8 Å². The second kappa shape index (κ2) is 9.41. The largest absolute Gasteiger partial charge is 0.444 e. The highest BCUT2D eigenvalue weighted by atomic mass is 16.6. The Bertz CT molecular complexity index is 946. The third-order valence-electron chi connectivity index (χ3n) is 7.97. The van der Waals surface area contributed by atoms with E-state index in [1.165, 1.54) is 4.90 Å². The second-order valence-corrected chi connectivity index (χ2v) is 13.7. The second-order valence-electron chi connectivity index (χ2n) is 13.7. The van der Waals surface area contributed by atoms with Crippen LogP contribution >= 0.6 is 0 Å². The van der Waals surface area contributed by atoms with E-state index in [1.54, 1.807) is 20.8 Å². The van der Waals surface area contributed by atoms with Crippen molar-refractivity contribution in [3.8, 4) is 0 Å². The molecule has 6 N–H and O–H groups in total. The molecule has 0 aromatic heterocycles. The van der Waals surface area contributed by atoms with Crippen LogP contribution in [0.3, 0.4) is 0 Å². The topological polar surface area (TPSA) is 171 Å². The molecule has 37 heavy (non-hydrogen) atoms. The summed E-state index contributed by atoms with van der Waals surface area (Å²) in [6.07, 6.45) is 1.17. The predicted octanol–water partition coefficient (Wildman–Crippen LogP) is 0.860. The molecule has 11 heteroatoms. The number of nitrogens with two attached hydrogens (primary N) is 1. The molecule has 11 nitrogen and oxygen atoms in total. The number of aliphatic hydroxyl groups is 2. The monoisotopic (exact) mass is 524 g/mol. The smallest absolute Gasteiger partial charge is 0.408 e. The molecule has 2 aliphatic carbocycles. The molecule has 1 heterocycles. The van der Waals surface area contributed by atoms with E-state index in [0.29, 0.717) is 6.54 Å². The lowest BCUT2D eigenvalue weighted by molar-refractivity contribution is -0.195. The van der Waals surface area contributed by atoms with Crippen molar-refractivity contribution in [3.05, 3.63) is 0 Å². The van der Waals surface area contributed by atoms with Crippen LogP contribution < -0.4 is 16.4 Å². The van der Waals surface area contributed by atoms with Gasteiger partial charge in [0.2, 0.25) is 11.8 Å². The number of carbonyl (C=O) groups excluding carboxylic acids is 4. The number of nitrogens with one attached hydrogen (secondary N) is 2. The van der Waals surface area contributed by atoms with Crippen LogP contribution in [0.25, 0.3) is 0 Å².